The fourth-order valence-corrected chi connectivity index (χ4v) is 2.85. The fourth-order valence-electron chi connectivity index (χ4n) is 1.97. The van der Waals surface area contributed by atoms with Crippen LogP contribution in [-0.2, 0) is 0 Å². The van der Waals surface area contributed by atoms with Gasteiger partial charge in [0.05, 0.1) is 16.3 Å². The minimum atomic E-state index is 0.547. The Morgan fingerprint density at radius 3 is 2.61 bits per heavy atom. The lowest BCUT2D eigenvalue weighted by Gasteiger charge is -2.11. The molecule has 6 nitrogen and oxygen atoms in total. The van der Waals surface area contributed by atoms with E-state index in [9.17, 15) is 0 Å². The summed E-state index contributed by atoms with van der Waals surface area (Å²) < 4.78 is 5.70. The highest BCUT2D eigenvalue weighted by Crippen LogP contribution is 2.32. The molecule has 0 saturated carbocycles. The zero-order chi connectivity index (χ0) is 16.8. The smallest absolute Gasteiger partial charge is 0.183 e. The zero-order valence-corrected chi connectivity index (χ0v) is 14.6. The van der Waals surface area contributed by atoms with Crippen molar-refractivity contribution in [2.45, 2.75) is 6.92 Å². The number of rotatable bonds is 7. The molecule has 7 heteroatoms. The Morgan fingerprint density at radius 1 is 1.35 bits per heavy atom. The number of benzene rings is 1. The van der Waals surface area contributed by atoms with Crippen LogP contribution in [0.15, 0.2) is 29.4 Å². The summed E-state index contributed by atoms with van der Waals surface area (Å²) in [4.78, 5) is 7.47. The topological polar surface area (TPSA) is 70.0 Å². The number of thiazole rings is 1. The van der Waals surface area contributed by atoms with E-state index in [4.69, 9.17) is 9.94 Å². The molecule has 2 rings (SSSR count). The molecule has 2 aromatic rings. The van der Waals surface area contributed by atoms with Crippen molar-refractivity contribution >= 4 is 22.2 Å². The number of hydrogen-bond acceptors (Lipinski definition) is 7. The van der Waals surface area contributed by atoms with Crippen molar-refractivity contribution in [3.63, 3.8) is 0 Å². The molecule has 0 fully saturated rings. The van der Waals surface area contributed by atoms with E-state index in [1.165, 1.54) is 11.3 Å². The van der Waals surface area contributed by atoms with Crippen LogP contribution in [0, 0.1) is 0 Å². The van der Waals surface area contributed by atoms with Crippen molar-refractivity contribution in [2.24, 2.45) is 5.16 Å². The molecule has 0 atom stereocenters. The van der Waals surface area contributed by atoms with Crippen LogP contribution in [0.5, 0.6) is 5.75 Å². The number of anilines is 1. The van der Waals surface area contributed by atoms with Crippen molar-refractivity contribution in [3.05, 3.63) is 29.1 Å². The first kappa shape index (κ1) is 17.2. The lowest BCUT2D eigenvalue weighted by Crippen LogP contribution is -2.19. The quantitative estimate of drug-likeness (QED) is 0.463. The standard InChI is InChI=1S/C16H22N4O2S/c1-11(19-21)15-14(18-16(17-2)23-15)12-5-7-13(8-6-12)22-10-9-20(3)4/h5-8,21H,9-10H2,1-4H3,(H,17,18)/b19-11+. The number of aromatic nitrogens is 1. The van der Waals surface area contributed by atoms with Crippen molar-refractivity contribution in [3.8, 4) is 17.0 Å². The Bertz CT molecular complexity index is 665. The molecule has 0 aliphatic carbocycles. The van der Waals surface area contributed by atoms with Crippen molar-refractivity contribution in [1.82, 2.24) is 9.88 Å². The molecule has 1 aromatic carbocycles. The number of nitrogens with zero attached hydrogens (tertiary/aromatic N) is 3. The molecule has 23 heavy (non-hydrogen) atoms. The lowest BCUT2D eigenvalue weighted by molar-refractivity contribution is 0.261. The normalized spacial score (nSPS) is 11.8. The van der Waals surface area contributed by atoms with E-state index in [0.29, 0.717) is 12.3 Å². The Balaban J connectivity index is 2.20. The number of nitrogens with one attached hydrogen (secondary N) is 1. The van der Waals surface area contributed by atoms with Gasteiger partial charge in [-0.2, -0.15) is 0 Å². The zero-order valence-electron chi connectivity index (χ0n) is 13.8. The molecular formula is C16H22N4O2S. The van der Waals surface area contributed by atoms with Gasteiger partial charge < -0.3 is 20.2 Å². The van der Waals surface area contributed by atoms with Crippen LogP contribution in [0.4, 0.5) is 5.13 Å². The highest BCUT2D eigenvalue weighted by molar-refractivity contribution is 7.18. The molecule has 1 heterocycles. The molecule has 0 radical (unpaired) electrons. The summed E-state index contributed by atoms with van der Waals surface area (Å²) in [5.41, 5.74) is 2.31. The summed E-state index contributed by atoms with van der Waals surface area (Å²) in [7, 11) is 5.85. The summed E-state index contributed by atoms with van der Waals surface area (Å²) in [6.07, 6.45) is 0. The minimum Gasteiger partial charge on any atom is -0.492 e. The maximum absolute atomic E-state index is 9.05. The van der Waals surface area contributed by atoms with Gasteiger partial charge in [0.15, 0.2) is 5.13 Å². The van der Waals surface area contributed by atoms with Gasteiger partial charge in [0.1, 0.15) is 12.4 Å². The number of hydrogen-bond donors (Lipinski definition) is 2. The van der Waals surface area contributed by atoms with Gasteiger partial charge in [0.25, 0.3) is 0 Å². The van der Waals surface area contributed by atoms with Crippen LogP contribution in [-0.4, -0.2) is 55.1 Å². The monoisotopic (exact) mass is 334 g/mol. The molecule has 0 amide bonds. The van der Waals surface area contributed by atoms with Gasteiger partial charge >= 0.3 is 0 Å². The molecule has 0 bridgehead atoms. The van der Waals surface area contributed by atoms with Crippen LogP contribution >= 0.6 is 11.3 Å². The maximum atomic E-state index is 9.05. The van der Waals surface area contributed by atoms with Gasteiger partial charge in [-0.15, -0.1) is 0 Å². The van der Waals surface area contributed by atoms with Crippen molar-refractivity contribution < 1.29 is 9.94 Å². The SMILES string of the molecule is CNc1nc(-c2ccc(OCCN(C)C)cc2)c(/C(C)=N/O)s1. The Kier molecular flexibility index (Phi) is 5.95. The molecule has 0 aliphatic heterocycles. The number of ether oxygens (including phenoxy) is 1. The van der Waals surface area contributed by atoms with Crippen LogP contribution in [0.3, 0.4) is 0 Å². The van der Waals surface area contributed by atoms with Gasteiger partial charge in [-0.1, -0.05) is 16.5 Å². The van der Waals surface area contributed by atoms with Gasteiger partial charge in [0, 0.05) is 19.2 Å². The summed E-state index contributed by atoms with van der Waals surface area (Å²) in [5.74, 6) is 0.828. The molecule has 2 N–H and O–H groups in total. The van der Waals surface area contributed by atoms with E-state index in [-0.39, 0.29) is 0 Å². The van der Waals surface area contributed by atoms with Gasteiger partial charge in [-0.25, -0.2) is 4.98 Å². The maximum Gasteiger partial charge on any atom is 0.183 e. The second-order valence-corrected chi connectivity index (χ2v) is 6.31. The van der Waals surface area contributed by atoms with Gasteiger partial charge in [-0.3, -0.25) is 0 Å². The third-order valence-corrected chi connectivity index (χ3v) is 4.44. The first-order valence-corrected chi connectivity index (χ1v) is 8.12. The van der Waals surface area contributed by atoms with E-state index < -0.39 is 0 Å². The van der Waals surface area contributed by atoms with E-state index in [0.717, 1.165) is 33.6 Å². The average Bonchev–Trinajstić information content (AvgIpc) is 2.99. The van der Waals surface area contributed by atoms with E-state index >= 15 is 0 Å². The average molecular weight is 334 g/mol. The van der Waals surface area contributed by atoms with E-state index in [2.05, 4.69) is 20.4 Å². The highest BCUT2D eigenvalue weighted by Gasteiger charge is 2.15. The largest absolute Gasteiger partial charge is 0.492 e. The third kappa shape index (κ3) is 4.43. The van der Waals surface area contributed by atoms with E-state index in [1.54, 1.807) is 6.92 Å². The Morgan fingerprint density at radius 2 is 2.04 bits per heavy atom. The summed E-state index contributed by atoms with van der Waals surface area (Å²) >= 11 is 1.46. The van der Waals surface area contributed by atoms with E-state index in [1.807, 2.05) is 45.4 Å². The molecule has 0 saturated heterocycles. The second-order valence-electron chi connectivity index (χ2n) is 5.31. The summed E-state index contributed by atoms with van der Waals surface area (Å²) in [5, 5.41) is 16.2. The molecule has 124 valence electrons. The van der Waals surface area contributed by atoms with Crippen LogP contribution in [0.25, 0.3) is 11.3 Å². The Hall–Kier alpha value is -2.12. The fraction of sp³-hybridized carbons (Fsp3) is 0.375. The second kappa shape index (κ2) is 7.94. The first-order chi connectivity index (χ1) is 11.0. The predicted octanol–water partition coefficient (Wildman–Crippen LogP) is 2.99. The number of likely N-dealkylation sites (N-methyl/N-ethyl adjacent to an activating group) is 1. The molecule has 0 spiro atoms. The lowest BCUT2D eigenvalue weighted by atomic mass is 10.1. The first-order valence-electron chi connectivity index (χ1n) is 7.30. The van der Waals surface area contributed by atoms with Gasteiger partial charge in [-0.05, 0) is 45.3 Å². The molecule has 0 unspecified atom stereocenters. The highest BCUT2D eigenvalue weighted by atomic mass is 32.1. The van der Waals surface area contributed by atoms with Crippen LogP contribution < -0.4 is 10.1 Å². The molecule has 0 aliphatic rings. The van der Waals surface area contributed by atoms with Crippen molar-refractivity contribution in [2.75, 3.05) is 39.6 Å². The van der Waals surface area contributed by atoms with Crippen LogP contribution in [0.2, 0.25) is 0 Å². The number of oxime groups is 1. The summed E-state index contributed by atoms with van der Waals surface area (Å²) in [6, 6.07) is 7.79. The van der Waals surface area contributed by atoms with Gasteiger partial charge in [0.2, 0.25) is 0 Å². The minimum absolute atomic E-state index is 0.547. The third-order valence-electron chi connectivity index (χ3n) is 3.25. The Labute approximate surface area is 140 Å². The van der Waals surface area contributed by atoms with Crippen LogP contribution in [0.1, 0.15) is 11.8 Å². The summed E-state index contributed by atoms with van der Waals surface area (Å²) in [6.45, 7) is 3.28. The molecule has 1 aromatic heterocycles. The molecular weight excluding hydrogens is 312 g/mol. The van der Waals surface area contributed by atoms with Crippen molar-refractivity contribution in [1.29, 1.82) is 0 Å². The predicted molar refractivity (Wildman–Crippen MR) is 95.1 cm³/mol.